The quantitative estimate of drug-likeness (QED) is 0.514. The molecule has 0 unspecified atom stereocenters. The molecular weight excluding hydrogens is 426 g/mol. The van der Waals surface area contributed by atoms with Gasteiger partial charge in [-0.2, -0.15) is 28.1 Å². The Kier molecular flexibility index (Phi) is 6.25. The standard InChI is InChI=1S/C17H23B2F6N5O/c1-7(17(23,24)25)26-13-28-12(9-3-4-16(18,19)11(31-2)10(9)20)29-14(30-13)27-8-5-15(21,22)6-8/h7-8,11H,3-6,18-19H2,1-2H3,(H2,26,27,28,29,30)/t7-,11-/m0/s1. The zero-order chi connectivity index (χ0) is 23.2. The van der Waals surface area contributed by atoms with Crippen LogP contribution in [0.2, 0.25) is 5.21 Å². The molecule has 0 aromatic carbocycles. The summed E-state index contributed by atoms with van der Waals surface area (Å²) >= 11 is 0. The Morgan fingerprint density at radius 3 is 2.29 bits per heavy atom. The highest BCUT2D eigenvalue weighted by Gasteiger charge is 2.46. The highest BCUT2D eigenvalue weighted by molar-refractivity contribution is 6.40. The number of rotatable bonds is 6. The molecule has 170 valence electrons. The van der Waals surface area contributed by atoms with Crippen LogP contribution in [-0.2, 0) is 4.74 Å². The van der Waals surface area contributed by atoms with Crippen molar-refractivity contribution in [1.82, 2.24) is 15.0 Å². The normalized spacial score (nSPS) is 24.5. The van der Waals surface area contributed by atoms with Gasteiger partial charge in [0.25, 0.3) is 5.92 Å². The minimum atomic E-state index is -4.57. The number of alkyl halides is 5. The zero-order valence-corrected chi connectivity index (χ0v) is 17.6. The van der Waals surface area contributed by atoms with E-state index in [0.717, 1.165) is 6.92 Å². The van der Waals surface area contributed by atoms with Crippen LogP contribution in [0.4, 0.5) is 38.2 Å². The Bertz CT molecular complexity index is 858. The van der Waals surface area contributed by atoms with Gasteiger partial charge in [-0.25, -0.2) is 13.2 Å². The van der Waals surface area contributed by atoms with Crippen molar-refractivity contribution in [3.8, 4) is 0 Å². The van der Waals surface area contributed by atoms with Gasteiger partial charge in [0.1, 0.15) is 33.7 Å². The Labute approximate surface area is 177 Å². The van der Waals surface area contributed by atoms with Gasteiger partial charge in [-0.15, -0.1) is 0 Å². The van der Waals surface area contributed by atoms with E-state index in [1.807, 2.05) is 15.7 Å². The predicted molar refractivity (Wildman–Crippen MR) is 108 cm³/mol. The lowest BCUT2D eigenvalue weighted by Crippen LogP contribution is -2.44. The van der Waals surface area contributed by atoms with Crippen LogP contribution < -0.4 is 10.6 Å². The van der Waals surface area contributed by atoms with Crippen LogP contribution >= 0.6 is 0 Å². The molecule has 2 atom stereocenters. The lowest BCUT2D eigenvalue weighted by molar-refractivity contribution is -0.138. The van der Waals surface area contributed by atoms with Gasteiger partial charge in [-0.3, -0.25) is 0 Å². The van der Waals surface area contributed by atoms with E-state index in [0.29, 0.717) is 6.42 Å². The van der Waals surface area contributed by atoms with Gasteiger partial charge in [0, 0.05) is 31.6 Å². The Morgan fingerprint density at radius 1 is 1.13 bits per heavy atom. The van der Waals surface area contributed by atoms with Crippen LogP contribution in [0.15, 0.2) is 5.83 Å². The fraction of sp³-hybridized carbons (Fsp3) is 0.706. The first-order chi connectivity index (χ1) is 14.2. The largest absolute Gasteiger partial charge is 0.408 e. The summed E-state index contributed by atoms with van der Waals surface area (Å²) in [7, 11) is 5.05. The molecule has 1 fully saturated rings. The number of aromatic nitrogens is 3. The summed E-state index contributed by atoms with van der Waals surface area (Å²) in [6, 6.07) is -2.63. The van der Waals surface area contributed by atoms with Gasteiger partial charge in [-0.1, -0.05) is 11.6 Å². The van der Waals surface area contributed by atoms with E-state index in [1.54, 1.807) is 0 Å². The summed E-state index contributed by atoms with van der Waals surface area (Å²) in [6.07, 6.45) is -5.59. The predicted octanol–water partition coefficient (Wildman–Crippen LogP) is 2.32. The molecule has 0 saturated heterocycles. The van der Waals surface area contributed by atoms with Crippen LogP contribution in [0.5, 0.6) is 0 Å². The van der Waals surface area contributed by atoms with E-state index in [2.05, 4.69) is 25.6 Å². The number of allylic oxidation sites excluding steroid dienone is 1. The van der Waals surface area contributed by atoms with Crippen molar-refractivity contribution < 1.29 is 31.1 Å². The number of halogens is 6. The van der Waals surface area contributed by atoms with Crippen molar-refractivity contribution in [1.29, 1.82) is 0 Å². The fourth-order valence-corrected chi connectivity index (χ4v) is 3.70. The average Bonchev–Trinajstić information content (AvgIpc) is 2.59. The number of nitrogens with zero attached hydrogens (tertiary/aromatic N) is 3. The highest BCUT2D eigenvalue weighted by atomic mass is 19.4. The van der Waals surface area contributed by atoms with Crippen molar-refractivity contribution >= 4 is 33.2 Å². The molecule has 1 aromatic heterocycles. The number of hydrogen-bond acceptors (Lipinski definition) is 6. The van der Waals surface area contributed by atoms with E-state index in [4.69, 9.17) is 4.74 Å². The molecule has 2 N–H and O–H groups in total. The first kappa shape index (κ1) is 23.7. The average molecular weight is 449 g/mol. The van der Waals surface area contributed by atoms with Crippen LogP contribution in [0, 0.1) is 0 Å². The molecule has 6 nitrogen and oxygen atoms in total. The molecule has 1 aromatic rings. The first-order valence-electron chi connectivity index (χ1n) is 9.87. The van der Waals surface area contributed by atoms with Crippen molar-refractivity contribution in [2.75, 3.05) is 17.7 Å². The number of methoxy groups -OCH3 is 1. The number of ether oxygens (including phenoxy) is 1. The van der Waals surface area contributed by atoms with E-state index >= 15 is 4.39 Å². The minimum absolute atomic E-state index is 0.0956. The molecule has 0 aliphatic heterocycles. The monoisotopic (exact) mass is 449 g/mol. The van der Waals surface area contributed by atoms with E-state index in [-0.39, 0.29) is 23.8 Å². The molecule has 2 aliphatic carbocycles. The maximum Gasteiger partial charge on any atom is 0.408 e. The van der Waals surface area contributed by atoms with Crippen LogP contribution in [0.1, 0.15) is 38.4 Å². The molecular formula is C17H23B2F6N5O. The van der Waals surface area contributed by atoms with Crippen molar-refractivity contribution in [2.45, 2.75) is 68.1 Å². The smallest absolute Gasteiger partial charge is 0.375 e. The Hall–Kier alpha value is -1.98. The molecule has 0 radical (unpaired) electrons. The molecule has 0 spiro atoms. The second-order valence-electron chi connectivity index (χ2n) is 8.75. The first-order valence-corrected chi connectivity index (χ1v) is 9.87. The van der Waals surface area contributed by atoms with E-state index < -0.39 is 60.1 Å². The maximum atomic E-state index is 15.2. The highest BCUT2D eigenvalue weighted by Crippen LogP contribution is 2.45. The van der Waals surface area contributed by atoms with Gasteiger partial charge in [-0.05, 0) is 13.3 Å². The second-order valence-corrected chi connectivity index (χ2v) is 8.75. The molecule has 1 saturated carbocycles. The summed E-state index contributed by atoms with van der Waals surface area (Å²) in [5.74, 6) is -4.20. The van der Waals surface area contributed by atoms with Crippen LogP contribution in [0.25, 0.3) is 5.57 Å². The lowest BCUT2D eigenvalue weighted by Gasteiger charge is -2.37. The van der Waals surface area contributed by atoms with Crippen LogP contribution in [0.3, 0.4) is 0 Å². The third-order valence-electron chi connectivity index (χ3n) is 5.65. The zero-order valence-electron chi connectivity index (χ0n) is 17.6. The third-order valence-corrected chi connectivity index (χ3v) is 5.65. The SMILES string of the molecule is BC1(B)CCC(c2nc(NC3CC(F)(F)C3)nc(N[C@@H](C)C(F)(F)F)n2)=C(F)[C@@H]1OC. The van der Waals surface area contributed by atoms with Crippen LogP contribution in [-0.4, -0.2) is 68.0 Å². The van der Waals surface area contributed by atoms with Crippen molar-refractivity contribution in [3.05, 3.63) is 11.7 Å². The Balaban J connectivity index is 1.96. The topological polar surface area (TPSA) is 72.0 Å². The van der Waals surface area contributed by atoms with Gasteiger partial charge < -0.3 is 15.4 Å². The summed E-state index contributed by atoms with van der Waals surface area (Å²) in [4.78, 5) is 12.0. The Morgan fingerprint density at radius 2 is 1.74 bits per heavy atom. The molecule has 3 rings (SSSR count). The fourth-order valence-electron chi connectivity index (χ4n) is 3.70. The molecule has 2 aliphatic rings. The van der Waals surface area contributed by atoms with Crippen molar-refractivity contribution in [3.63, 3.8) is 0 Å². The number of hydrogen-bond donors (Lipinski definition) is 2. The lowest BCUT2D eigenvalue weighted by atomic mass is 9.47. The molecule has 1 heterocycles. The molecule has 0 bridgehead atoms. The van der Waals surface area contributed by atoms with Gasteiger partial charge in [0.2, 0.25) is 11.9 Å². The van der Waals surface area contributed by atoms with E-state index in [1.165, 1.54) is 7.11 Å². The van der Waals surface area contributed by atoms with Gasteiger partial charge in [0.05, 0.1) is 0 Å². The summed E-state index contributed by atoms with van der Waals surface area (Å²) in [5, 5.41) is 4.31. The third kappa shape index (κ3) is 5.27. The van der Waals surface area contributed by atoms with E-state index in [9.17, 15) is 22.0 Å². The maximum absolute atomic E-state index is 15.2. The number of anilines is 2. The summed E-state index contributed by atoms with van der Waals surface area (Å²) in [5.41, 5.74) is 0.0956. The van der Waals surface area contributed by atoms with Gasteiger partial charge in [0.15, 0.2) is 5.82 Å². The molecule has 0 amide bonds. The summed E-state index contributed by atoms with van der Waals surface area (Å²) in [6.45, 7) is 0.882. The van der Waals surface area contributed by atoms with Crippen molar-refractivity contribution in [2.24, 2.45) is 0 Å². The molecule has 14 heteroatoms. The second kappa shape index (κ2) is 8.18. The minimum Gasteiger partial charge on any atom is -0.375 e. The summed E-state index contributed by atoms with van der Waals surface area (Å²) < 4.78 is 85.7. The van der Waals surface area contributed by atoms with Gasteiger partial charge >= 0.3 is 6.18 Å². The molecule has 31 heavy (non-hydrogen) atoms. The number of nitrogens with one attached hydrogen (secondary N) is 2.